The molecule has 0 aliphatic carbocycles. The minimum atomic E-state index is -0.659. The molecule has 164 valence electrons. The topological polar surface area (TPSA) is 98.8 Å². The summed E-state index contributed by atoms with van der Waals surface area (Å²) >= 11 is 1.12. The fraction of sp³-hybridized carbons (Fsp3) is 0.167. The minimum absolute atomic E-state index is 0.0256. The van der Waals surface area contributed by atoms with Crippen molar-refractivity contribution in [3.05, 3.63) is 76.5 Å². The maximum Gasteiger partial charge on any atom is 0.350 e. The van der Waals surface area contributed by atoms with Gasteiger partial charge in [0.05, 0.1) is 19.2 Å². The molecule has 1 heterocycles. The Bertz CT molecular complexity index is 1110. The predicted molar refractivity (Wildman–Crippen MR) is 121 cm³/mol. The number of carbonyl (C=O) groups is 4. The van der Waals surface area contributed by atoms with Gasteiger partial charge in [0.15, 0.2) is 12.4 Å². The summed E-state index contributed by atoms with van der Waals surface area (Å²) in [6.07, 6.45) is -0.166. The van der Waals surface area contributed by atoms with Crippen LogP contribution in [0, 0.1) is 0 Å². The third-order valence-electron chi connectivity index (χ3n) is 4.54. The van der Waals surface area contributed by atoms with Crippen molar-refractivity contribution in [2.75, 3.05) is 19.0 Å². The van der Waals surface area contributed by atoms with Gasteiger partial charge in [-0.2, -0.15) is 0 Å². The van der Waals surface area contributed by atoms with Crippen LogP contribution in [0.25, 0.3) is 11.1 Å². The molecule has 0 aliphatic rings. The Morgan fingerprint density at radius 3 is 2.25 bits per heavy atom. The van der Waals surface area contributed by atoms with Gasteiger partial charge in [-0.1, -0.05) is 54.6 Å². The van der Waals surface area contributed by atoms with Crippen LogP contribution in [0.2, 0.25) is 0 Å². The minimum Gasteiger partial charge on any atom is -0.465 e. The van der Waals surface area contributed by atoms with Gasteiger partial charge in [0.1, 0.15) is 4.88 Å². The van der Waals surface area contributed by atoms with Crippen molar-refractivity contribution < 1.29 is 28.7 Å². The number of thiophene rings is 1. The molecule has 1 aromatic heterocycles. The lowest BCUT2D eigenvalue weighted by Gasteiger charge is -2.07. The number of hydrogen-bond donors (Lipinski definition) is 1. The largest absolute Gasteiger partial charge is 0.465 e. The van der Waals surface area contributed by atoms with E-state index in [0.717, 1.165) is 22.5 Å². The summed E-state index contributed by atoms with van der Waals surface area (Å²) in [6.45, 7) is -0.519. The molecule has 0 saturated carbocycles. The summed E-state index contributed by atoms with van der Waals surface area (Å²) in [6, 6.07) is 18.5. The fourth-order valence-corrected chi connectivity index (χ4v) is 3.67. The van der Waals surface area contributed by atoms with E-state index in [2.05, 4.69) is 10.1 Å². The normalized spacial score (nSPS) is 10.3. The average Bonchev–Trinajstić information content (AvgIpc) is 3.29. The highest BCUT2D eigenvalue weighted by molar-refractivity contribution is 7.12. The highest BCUT2D eigenvalue weighted by Crippen LogP contribution is 2.23. The Balaban J connectivity index is 1.43. The quantitative estimate of drug-likeness (QED) is 0.384. The number of methoxy groups -OCH3 is 1. The number of nitrogens with one attached hydrogen (secondary N) is 1. The molecule has 0 unspecified atom stereocenters. The van der Waals surface area contributed by atoms with Crippen molar-refractivity contribution in [3.8, 4) is 11.1 Å². The molecule has 0 fully saturated rings. The first-order chi connectivity index (χ1) is 15.5. The SMILES string of the molecule is COC(=O)c1sccc1NC(=O)COC(=O)CCC(=O)c1ccc(-c2ccccc2)cc1. The van der Waals surface area contributed by atoms with Crippen LogP contribution >= 0.6 is 11.3 Å². The van der Waals surface area contributed by atoms with Crippen LogP contribution in [-0.2, 0) is 19.1 Å². The molecule has 1 N–H and O–H groups in total. The van der Waals surface area contributed by atoms with Crippen molar-refractivity contribution in [1.82, 2.24) is 0 Å². The van der Waals surface area contributed by atoms with E-state index in [0.29, 0.717) is 5.56 Å². The van der Waals surface area contributed by atoms with E-state index in [4.69, 9.17) is 4.74 Å². The molecule has 0 bridgehead atoms. The molecule has 1 amide bonds. The number of amides is 1. The number of anilines is 1. The molecule has 0 spiro atoms. The van der Waals surface area contributed by atoms with Gasteiger partial charge in [-0.25, -0.2) is 4.79 Å². The van der Waals surface area contributed by atoms with E-state index >= 15 is 0 Å². The molecule has 2 aromatic carbocycles. The Morgan fingerprint density at radius 1 is 0.875 bits per heavy atom. The second-order valence-corrected chi connectivity index (χ2v) is 7.65. The molecular weight excluding hydrogens is 430 g/mol. The number of carbonyl (C=O) groups excluding carboxylic acids is 4. The van der Waals surface area contributed by atoms with Crippen molar-refractivity contribution >= 4 is 40.7 Å². The van der Waals surface area contributed by atoms with Crippen LogP contribution in [0.5, 0.6) is 0 Å². The number of Topliss-reactive ketones (excluding diaryl/α,β-unsaturated/α-hetero) is 1. The van der Waals surface area contributed by atoms with Crippen molar-refractivity contribution in [2.24, 2.45) is 0 Å². The van der Waals surface area contributed by atoms with Crippen molar-refractivity contribution in [2.45, 2.75) is 12.8 Å². The standard InChI is InChI=1S/C24H21NO6S/c1-30-24(29)23-19(13-14-32-23)25-21(27)15-31-22(28)12-11-20(26)18-9-7-17(8-10-18)16-5-3-2-4-6-16/h2-10,13-14H,11-12,15H2,1H3,(H,25,27). The predicted octanol–water partition coefficient (Wildman–Crippen LogP) is 4.35. The highest BCUT2D eigenvalue weighted by Gasteiger charge is 2.17. The van der Waals surface area contributed by atoms with E-state index in [1.54, 1.807) is 23.6 Å². The molecule has 0 saturated heterocycles. The van der Waals surface area contributed by atoms with Gasteiger partial charge in [-0.15, -0.1) is 11.3 Å². The van der Waals surface area contributed by atoms with Gasteiger partial charge < -0.3 is 14.8 Å². The zero-order valence-corrected chi connectivity index (χ0v) is 18.1. The summed E-state index contributed by atoms with van der Waals surface area (Å²) in [5.74, 6) is -2.01. The second kappa shape index (κ2) is 11.0. The van der Waals surface area contributed by atoms with E-state index in [1.807, 2.05) is 42.5 Å². The Morgan fingerprint density at radius 2 is 1.56 bits per heavy atom. The Hall–Kier alpha value is -3.78. The van der Waals surface area contributed by atoms with Crippen LogP contribution in [0.1, 0.15) is 32.9 Å². The number of ether oxygens (including phenoxy) is 2. The number of benzene rings is 2. The summed E-state index contributed by atoms with van der Waals surface area (Å²) in [4.78, 5) is 48.1. The molecule has 0 radical (unpaired) electrons. The lowest BCUT2D eigenvalue weighted by atomic mass is 10.0. The number of rotatable bonds is 9. The monoisotopic (exact) mass is 451 g/mol. The van der Waals surface area contributed by atoms with Gasteiger partial charge in [-0.05, 0) is 22.6 Å². The van der Waals surface area contributed by atoms with Crippen LogP contribution < -0.4 is 5.32 Å². The van der Waals surface area contributed by atoms with Gasteiger partial charge in [-0.3, -0.25) is 14.4 Å². The first-order valence-corrected chi connectivity index (χ1v) is 10.7. The van der Waals surface area contributed by atoms with Crippen LogP contribution in [-0.4, -0.2) is 37.3 Å². The molecule has 8 heteroatoms. The van der Waals surface area contributed by atoms with Gasteiger partial charge in [0.2, 0.25) is 0 Å². The molecular formula is C24H21NO6S. The lowest BCUT2D eigenvalue weighted by Crippen LogP contribution is -2.21. The second-order valence-electron chi connectivity index (χ2n) is 6.73. The molecule has 7 nitrogen and oxygen atoms in total. The third kappa shape index (κ3) is 6.12. The highest BCUT2D eigenvalue weighted by atomic mass is 32.1. The average molecular weight is 452 g/mol. The summed E-state index contributed by atoms with van der Waals surface area (Å²) < 4.78 is 9.56. The first kappa shape index (κ1) is 22.9. The van der Waals surface area contributed by atoms with E-state index in [9.17, 15) is 19.2 Å². The number of ketones is 1. The van der Waals surface area contributed by atoms with Gasteiger partial charge in [0, 0.05) is 12.0 Å². The Kier molecular flexibility index (Phi) is 7.88. The first-order valence-electron chi connectivity index (χ1n) is 9.78. The van der Waals surface area contributed by atoms with Crippen LogP contribution in [0.3, 0.4) is 0 Å². The van der Waals surface area contributed by atoms with Crippen molar-refractivity contribution in [3.63, 3.8) is 0 Å². The third-order valence-corrected chi connectivity index (χ3v) is 5.44. The van der Waals surface area contributed by atoms with E-state index in [1.165, 1.54) is 7.11 Å². The zero-order valence-electron chi connectivity index (χ0n) is 17.3. The fourth-order valence-electron chi connectivity index (χ4n) is 2.90. The van der Waals surface area contributed by atoms with Crippen LogP contribution in [0.4, 0.5) is 5.69 Å². The van der Waals surface area contributed by atoms with E-state index < -0.39 is 24.5 Å². The molecule has 0 aliphatic heterocycles. The molecule has 3 rings (SSSR count). The summed E-state index contributed by atoms with van der Waals surface area (Å²) in [5, 5.41) is 4.13. The molecule has 0 atom stereocenters. The zero-order chi connectivity index (χ0) is 22.9. The maximum absolute atomic E-state index is 12.3. The molecule has 3 aromatic rings. The lowest BCUT2D eigenvalue weighted by molar-refractivity contribution is -0.147. The smallest absolute Gasteiger partial charge is 0.350 e. The maximum atomic E-state index is 12.3. The number of esters is 2. The van der Waals surface area contributed by atoms with Crippen LogP contribution in [0.15, 0.2) is 66.0 Å². The summed E-state index contributed by atoms with van der Waals surface area (Å²) in [7, 11) is 1.24. The summed E-state index contributed by atoms with van der Waals surface area (Å²) in [5.41, 5.74) is 2.84. The number of hydrogen-bond acceptors (Lipinski definition) is 7. The van der Waals surface area contributed by atoms with E-state index in [-0.39, 0.29) is 29.2 Å². The van der Waals surface area contributed by atoms with Crippen molar-refractivity contribution in [1.29, 1.82) is 0 Å². The Labute approximate surface area is 189 Å². The van der Waals surface area contributed by atoms with Gasteiger partial charge in [0.25, 0.3) is 5.91 Å². The molecule has 32 heavy (non-hydrogen) atoms. The van der Waals surface area contributed by atoms with Gasteiger partial charge >= 0.3 is 11.9 Å².